The molecule has 0 heterocycles. The molecule has 19 heavy (non-hydrogen) atoms. The smallest absolute Gasteiger partial charge is 0.322 e. The van der Waals surface area contributed by atoms with Crippen molar-refractivity contribution in [1.82, 2.24) is 0 Å². The zero-order valence-corrected chi connectivity index (χ0v) is 9.19. The number of benzene rings is 1. The molecule has 1 amide bonds. The van der Waals surface area contributed by atoms with Crippen LogP contribution in [0.25, 0.3) is 0 Å². The van der Waals surface area contributed by atoms with Gasteiger partial charge in [-0.05, 0) is 18.2 Å². The Balaban J connectivity index is 3.48. The fourth-order valence-corrected chi connectivity index (χ4v) is 1.38. The summed E-state index contributed by atoms with van der Waals surface area (Å²) in [5.74, 6) is -1.04. The highest BCUT2D eigenvalue weighted by molar-refractivity contribution is 5.99. The summed E-state index contributed by atoms with van der Waals surface area (Å²) in [7, 11) is 0. The second-order valence-corrected chi connectivity index (χ2v) is 3.42. The minimum Gasteiger partial charge on any atom is -0.322 e. The van der Waals surface area contributed by atoms with Gasteiger partial charge in [0, 0.05) is 0 Å². The van der Waals surface area contributed by atoms with Crippen molar-refractivity contribution >= 4 is 11.6 Å². The lowest BCUT2D eigenvalue weighted by Gasteiger charge is -2.18. The van der Waals surface area contributed by atoms with Gasteiger partial charge < -0.3 is 5.32 Å². The third-order valence-electron chi connectivity index (χ3n) is 2.10. The molecule has 0 saturated carbocycles. The summed E-state index contributed by atoms with van der Waals surface area (Å²) in [5, 5.41) is 1.70. The van der Waals surface area contributed by atoms with E-state index in [9.17, 15) is 31.1 Å². The number of carbonyl (C=O) groups excluding carboxylic acids is 1. The van der Waals surface area contributed by atoms with Gasteiger partial charge in [0.1, 0.15) is 0 Å². The van der Waals surface area contributed by atoms with Crippen LogP contribution < -0.4 is 5.32 Å². The molecule has 1 rings (SSSR count). The van der Waals surface area contributed by atoms with Crippen LogP contribution in [0.15, 0.2) is 30.9 Å². The van der Waals surface area contributed by atoms with Crippen LogP contribution in [0, 0.1) is 0 Å². The van der Waals surface area contributed by atoms with E-state index in [1.165, 1.54) is 0 Å². The second-order valence-electron chi connectivity index (χ2n) is 3.42. The van der Waals surface area contributed by atoms with Gasteiger partial charge in [-0.3, -0.25) is 4.79 Å². The van der Waals surface area contributed by atoms with E-state index >= 15 is 0 Å². The Kier molecular flexibility index (Phi) is 3.92. The number of carbonyl (C=O) groups is 1. The molecule has 0 aliphatic rings. The molecule has 0 radical (unpaired) electrons. The topological polar surface area (TPSA) is 29.1 Å². The number of amides is 1. The van der Waals surface area contributed by atoms with Crippen molar-refractivity contribution in [2.24, 2.45) is 0 Å². The van der Waals surface area contributed by atoms with E-state index in [-0.39, 0.29) is 0 Å². The first-order valence-corrected chi connectivity index (χ1v) is 4.78. The lowest BCUT2D eigenvalue weighted by atomic mass is 10.0. The van der Waals surface area contributed by atoms with Crippen LogP contribution in [0.4, 0.5) is 32.0 Å². The molecule has 8 heteroatoms. The third kappa shape index (κ3) is 3.49. The minimum atomic E-state index is -5.25. The fourth-order valence-electron chi connectivity index (χ4n) is 1.38. The summed E-state index contributed by atoms with van der Waals surface area (Å²) >= 11 is 0. The SMILES string of the molecule is C=CC(=O)Nc1cccc(C(F)(F)F)c1C(F)(F)F. The quantitative estimate of drug-likeness (QED) is 0.648. The van der Waals surface area contributed by atoms with Gasteiger partial charge in [-0.1, -0.05) is 12.6 Å². The maximum absolute atomic E-state index is 12.7. The number of hydrogen-bond donors (Lipinski definition) is 1. The molecular weight excluding hydrogens is 276 g/mol. The number of halogens is 6. The molecule has 0 aliphatic carbocycles. The second kappa shape index (κ2) is 4.94. The molecule has 0 spiro atoms. The number of nitrogens with one attached hydrogen (secondary N) is 1. The highest BCUT2D eigenvalue weighted by atomic mass is 19.4. The average Bonchev–Trinajstić information content (AvgIpc) is 2.25. The summed E-state index contributed by atoms with van der Waals surface area (Å²) in [6.07, 6.45) is -9.78. The first kappa shape index (κ1) is 15.1. The molecule has 1 aromatic rings. The van der Waals surface area contributed by atoms with Crippen LogP contribution in [-0.4, -0.2) is 5.91 Å². The molecule has 0 aliphatic heterocycles. The summed E-state index contributed by atoms with van der Waals surface area (Å²) in [6.45, 7) is 3.00. The predicted molar refractivity (Wildman–Crippen MR) is 55.3 cm³/mol. The monoisotopic (exact) mass is 283 g/mol. The van der Waals surface area contributed by atoms with E-state index in [0.29, 0.717) is 12.1 Å². The molecule has 0 bridgehead atoms. The Labute approximate surface area is 103 Å². The molecule has 0 saturated heterocycles. The number of rotatable bonds is 2. The van der Waals surface area contributed by atoms with Gasteiger partial charge in [0.05, 0.1) is 16.8 Å². The summed E-state index contributed by atoms with van der Waals surface area (Å²) in [5.41, 5.74) is -4.76. The van der Waals surface area contributed by atoms with Crippen LogP contribution in [0.2, 0.25) is 0 Å². The van der Waals surface area contributed by atoms with Gasteiger partial charge in [-0.25, -0.2) is 0 Å². The highest BCUT2D eigenvalue weighted by Crippen LogP contribution is 2.43. The summed E-state index contributed by atoms with van der Waals surface area (Å²) < 4.78 is 75.8. The van der Waals surface area contributed by atoms with Crippen molar-refractivity contribution in [1.29, 1.82) is 0 Å². The van der Waals surface area contributed by atoms with Crippen LogP contribution >= 0.6 is 0 Å². The number of alkyl halides is 6. The normalized spacial score (nSPS) is 12.1. The van der Waals surface area contributed by atoms with Crippen molar-refractivity contribution in [2.45, 2.75) is 12.4 Å². The van der Waals surface area contributed by atoms with Gasteiger partial charge in [0.25, 0.3) is 0 Å². The van der Waals surface area contributed by atoms with E-state index in [0.717, 1.165) is 12.1 Å². The van der Waals surface area contributed by atoms with E-state index in [2.05, 4.69) is 6.58 Å². The Hall–Kier alpha value is -1.99. The van der Waals surface area contributed by atoms with Gasteiger partial charge in [0.2, 0.25) is 5.91 Å². The Morgan fingerprint density at radius 1 is 1.11 bits per heavy atom. The van der Waals surface area contributed by atoms with E-state index in [1.54, 1.807) is 5.32 Å². The standard InChI is InChI=1S/C11H7F6NO/c1-2-8(19)18-7-5-3-4-6(10(12,13)14)9(7)11(15,16)17/h2-5H,1H2,(H,18,19). The number of hydrogen-bond acceptors (Lipinski definition) is 1. The van der Waals surface area contributed by atoms with Crippen molar-refractivity contribution in [2.75, 3.05) is 5.32 Å². The maximum atomic E-state index is 12.7. The number of anilines is 1. The average molecular weight is 283 g/mol. The Morgan fingerprint density at radius 2 is 1.68 bits per heavy atom. The zero-order valence-electron chi connectivity index (χ0n) is 9.19. The van der Waals surface area contributed by atoms with Gasteiger partial charge in [-0.15, -0.1) is 0 Å². The first-order chi connectivity index (χ1) is 8.57. The Morgan fingerprint density at radius 3 is 2.11 bits per heavy atom. The summed E-state index contributed by atoms with van der Waals surface area (Å²) in [4.78, 5) is 10.9. The largest absolute Gasteiger partial charge is 0.419 e. The van der Waals surface area contributed by atoms with Crippen LogP contribution in [0.5, 0.6) is 0 Å². The fraction of sp³-hybridized carbons (Fsp3) is 0.182. The van der Waals surface area contributed by atoms with Crippen LogP contribution in [0.3, 0.4) is 0 Å². The molecule has 0 aromatic heterocycles. The van der Waals surface area contributed by atoms with Gasteiger partial charge in [-0.2, -0.15) is 26.3 Å². The van der Waals surface area contributed by atoms with E-state index < -0.39 is 35.1 Å². The molecule has 2 nitrogen and oxygen atoms in total. The molecule has 1 aromatic carbocycles. The third-order valence-corrected chi connectivity index (χ3v) is 2.10. The van der Waals surface area contributed by atoms with Crippen LogP contribution in [0.1, 0.15) is 11.1 Å². The first-order valence-electron chi connectivity index (χ1n) is 4.78. The van der Waals surface area contributed by atoms with Crippen LogP contribution in [-0.2, 0) is 17.1 Å². The highest BCUT2D eigenvalue weighted by Gasteiger charge is 2.44. The van der Waals surface area contributed by atoms with Gasteiger partial charge >= 0.3 is 12.4 Å². The zero-order chi connectivity index (χ0) is 14.8. The van der Waals surface area contributed by atoms with Crippen molar-refractivity contribution in [3.63, 3.8) is 0 Å². The summed E-state index contributed by atoms with van der Waals surface area (Å²) in [6, 6.07) is 1.81. The van der Waals surface area contributed by atoms with Crippen molar-refractivity contribution in [3.05, 3.63) is 42.0 Å². The van der Waals surface area contributed by atoms with E-state index in [4.69, 9.17) is 0 Å². The molecule has 0 fully saturated rings. The molecule has 0 unspecified atom stereocenters. The molecular formula is C11H7F6NO. The minimum absolute atomic E-state index is 0.298. The lowest BCUT2D eigenvalue weighted by Crippen LogP contribution is -2.20. The maximum Gasteiger partial charge on any atom is 0.419 e. The Bertz CT molecular complexity index is 503. The van der Waals surface area contributed by atoms with Crippen molar-refractivity contribution in [3.8, 4) is 0 Å². The molecule has 104 valence electrons. The van der Waals surface area contributed by atoms with Gasteiger partial charge in [0.15, 0.2) is 0 Å². The van der Waals surface area contributed by atoms with Crippen molar-refractivity contribution < 1.29 is 31.1 Å². The lowest BCUT2D eigenvalue weighted by molar-refractivity contribution is -0.161. The molecule has 1 N–H and O–H groups in total. The predicted octanol–water partition coefficient (Wildman–Crippen LogP) is 3.85. The van der Waals surface area contributed by atoms with E-state index in [1.807, 2.05) is 0 Å². The molecule has 0 atom stereocenters.